The van der Waals surface area contributed by atoms with Gasteiger partial charge in [-0.05, 0) is 144 Å². The van der Waals surface area contributed by atoms with Crippen LogP contribution in [0, 0.1) is 0 Å². The molecular weight excluding hydrogens is 715 g/mol. The number of hydrogen-bond donors (Lipinski definition) is 0. The van der Waals surface area contributed by atoms with Gasteiger partial charge >= 0.3 is 0 Å². The molecule has 9 aromatic carbocycles. The van der Waals surface area contributed by atoms with E-state index >= 15 is 0 Å². The van der Waals surface area contributed by atoms with Crippen molar-refractivity contribution < 1.29 is 4.42 Å². The zero-order chi connectivity index (χ0) is 39.2. The molecule has 59 heavy (non-hydrogen) atoms. The molecule has 2 heteroatoms. The number of rotatable bonds is 5. The van der Waals surface area contributed by atoms with Crippen molar-refractivity contribution in [3.63, 3.8) is 0 Å². The second kappa shape index (κ2) is 12.9. The summed E-state index contributed by atoms with van der Waals surface area (Å²) in [6.07, 6.45) is 8.86. The molecule has 1 heterocycles. The van der Waals surface area contributed by atoms with Crippen LogP contribution in [-0.2, 0) is 5.41 Å². The predicted molar refractivity (Wildman–Crippen MR) is 250 cm³/mol. The van der Waals surface area contributed by atoms with E-state index in [1.54, 1.807) is 0 Å². The third-order valence-electron chi connectivity index (χ3n) is 13.1. The molecule has 0 unspecified atom stereocenters. The summed E-state index contributed by atoms with van der Waals surface area (Å²) in [6.45, 7) is 4.78. The summed E-state index contributed by atoms with van der Waals surface area (Å²) in [5.41, 5.74) is 15.3. The van der Waals surface area contributed by atoms with Gasteiger partial charge in [0.1, 0.15) is 11.2 Å². The third-order valence-corrected chi connectivity index (χ3v) is 13.1. The largest absolute Gasteiger partial charge is 0.456 e. The smallest absolute Gasteiger partial charge is 0.137 e. The van der Waals surface area contributed by atoms with Gasteiger partial charge in [0.25, 0.3) is 0 Å². The molecule has 2 aliphatic rings. The SMILES string of the molecule is CC1(C)c2cc(N(c3ccc(-c4ccc(C5=CC=CCC5)cc4)cc3)c3ccc4c(c3)oc3ccccc34)ccc2-c2cc3c4ccccc4c4ccccc4c3cc21. The van der Waals surface area contributed by atoms with Gasteiger partial charge in [-0.25, -0.2) is 0 Å². The lowest BCUT2D eigenvalue weighted by Gasteiger charge is -2.28. The van der Waals surface area contributed by atoms with Gasteiger partial charge < -0.3 is 9.32 Å². The van der Waals surface area contributed by atoms with Crippen molar-refractivity contribution in [1.82, 2.24) is 0 Å². The topological polar surface area (TPSA) is 16.4 Å². The van der Waals surface area contributed by atoms with Crippen molar-refractivity contribution in [2.75, 3.05) is 4.90 Å². The first kappa shape index (κ1) is 33.9. The summed E-state index contributed by atoms with van der Waals surface area (Å²) in [4.78, 5) is 2.39. The molecule has 1 aromatic heterocycles. The fourth-order valence-electron chi connectivity index (χ4n) is 10.1. The molecule has 0 saturated heterocycles. The van der Waals surface area contributed by atoms with Crippen LogP contribution < -0.4 is 4.90 Å². The number of allylic oxidation sites excluding steroid dienone is 4. The lowest BCUT2D eigenvalue weighted by Crippen LogP contribution is -2.16. The van der Waals surface area contributed by atoms with E-state index in [1.807, 2.05) is 6.07 Å². The molecule has 280 valence electrons. The van der Waals surface area contributed by atoms with Gasteiger partial charge in [0.05, 0.1) is 0 Å². The summed E-state index contributed by atoms with van der Waals surface area (Å²) < 4.78 is 6.46. The van der Waals surface area contributed by atoms with Gasteiger partial charge in [0.2, 0.25) is 0 Å². The van der Waals surface area contributed by atoms with Crippen molar-refractivity contribution in [1.29, 1.82) is 0 Å². The molecule has 0 saturated carbocycles. The molecule has 0 fully saturated rings. The average Bonchev–Trinajstić information content (AvgIpc) is 3.77. The minimum Gasteiger partial charge on any atom is -0.456 e. The number of nitrogens with zero attached hydrogens (tertiary/aromatic N) is 1. The minimum atomic E-state index is -0.212. The van der Waals surface area contributed by atoms with E-state index in [9.17, 15) is 0 Å². The summed E-state index contributed by atoms with van der Waals surface area (Å²) in [5, 5.41) is 10.1. The van der Waals surface area contributed by atoms with E-state index < -0.39 is 0 Å². The van der Waals surface area contributed by atoms with Crippen LogP contribution in [0.3, 0.4) is 0 Å². The van der Waals surface area contributed by atoms with Gasteiger partial charge in [-0.3, -0.25) is 0 Å². The molecule has 0 radical (unpaired) electrons. The van der Waals surface area contributed by atoms with E-state index in [2.05, 4.69) is 201 Å². The maximum atomic E-state index is 6.46. The molecule has 12 rings (SSSR count). The Kier molecular flexibility index (Phi) is 7.43. The van der Waals surface area contributed by atoms with Gasteiger partial charge in [-0.1, -0.05) is 141 Å². The molecule has 0 aliphatic heterocycles. The van der Waals surface area contributed by atoms with Crippen LogP contribution in [0.5, 0.6) is 0 Å². The van der Waals surface area contributed by atoms with E-state index in [0.29, 0.717) is 0 Å². The zero-order valence-corrected chi connectivity index (χ0v) is 33.2. The lowest BCUT2D eigenvalue weighted by atomic mass is 9.81. The van der Waals surface area contributed by atoms with Crippen molar-refractivity contribution in [2.45, 2.75) is 32.1 Å². The van der Waals surface area contributed by atoms with Gasteiger partial charge in [0.15, 0.2) is 0 Å². The zero-order valence-electron chi connectivity index (χ0n) is 33.2. The first-order valence-electron chi connectivity index (χ1n) is 20.8. The Labute approximate surface area is 344 Å². The van der Waals surface area contributed by atoms with Crippen LogP contribution >= 0.6 is 0 Å². The molecule has 0 bridgehead atoms. The summed E-state index contributed by atoms with van der Waals surface area (Å²) >= 11 is 0. The molecule has 2 aliphatic carbocycles. The van der Waals surface area contributed by atoms with E-state index in [0.717, 1.165) is 51.8 Å². The van der Waals surface area contributed by atoms with Crippen molar-refractivity contribution in [3.05, 3.63) is 205 Å². The summed E-state index contributed by atoms with van der Waals surface area (Å²) in [5.74, 6) is 0. The number of furan rings is 1. The van der Waals surface area contributed by atoms with Crippen molar-refractivity contribution >= 4 is 76.9 Å². The summed E-state index contributed by atoms with van der Waals surface area (Å²) in [6, 6.07) is 62.8. The van der Waals surface area contributed by atoms with Gasteiger partial charge in [-0.2, -0.15) is 0 Å². The molecule has 10 aromatic rings. The lowest BCUT2D eigenvalue weighted by molar-refractivity contribution is 0.661. The highest BCUT2D eigenvalue weighted by Crippen LogP contribution is 2.53. The maximum Gasteiger partial charge on any atom is 0.137 e. The van der Waals surface area contributed by atoms with E-state index in [-0.39, 0.29) is 5.41 Å². The highest BCUT2D eigenvalue weighted by atomic mass is 16.3. The summed E-state index contributed by atoms with van der Waals surface area (Å²) in [7, 11) is 0. The van der Waals surface area contributed by atoms with Crippen molar-refractivity contribution in [2.24, 2.45) is 0 Å². The first-order valence-corrected chi connectivity index (χ1v) is 20.8. The standard InChI is InChI=1S/C57H41NO/c1-57(2)53-32-41(28-30-47(53)52-34-50-45-16-8-6-14-43(45)44-15-7-9-17-46(44)51(50)35-54(52)57)58(42-29-31-49-48-18-10-11-19-55(48)59-56(49)33-42)40-26-24-39(25-27-40)38-22-20-37(21-23-38)36-12-4-3-5-13-36/h3-4,6-12,14-35H,5,13H2,1-2H3. The normalized spacial score (nSPS) is 14.3. The molecule has 2 nitrogen and oxygen atoms in total. The Morgan fingerprint density at radius 3 is 1.68 bits per heavy atom. The van der Waals surface area contributed by atoms with Crippen LogP contribution in [0.2, 0.25) is 0 Å². The third kappa shape index (κ3) is 5.26. The van der Waals surface area contributed by atoms with Crippen LogP contribution in [0.25, 0.3) is 82.1 Å². The van der Waals surface area contributed by atoms with Crippen LogP contribution in [0.1, 0.15) is 43.4 Å². The Morgan fingerprint density at radius 2 is 0.983 bits per heavy atom. The monoisotopic (exact) mass is 755 g/mol. The number of benzene rings is 9. The Balaban J connectivity index is 0.995. The maximum absolute atomic E-state index is 6.46. The van der Waals surface area contributed by atoms with Gasteiger partial charge in [0, 0.05) is 39.3 Å². The highest BCUT2D eigenvalue weighted by molar-refractivity contribution is 6.26. The van der Waals surface area contributed by atoms with E-state index in [1.165, 1.54) is 76.8 Å². The molecule has 0 spiro atoms. The first-order chi connectivity index (χ1) is 29.0. The Bertz CT molecular complexity index is 3400. The Hall–Kier alpha value is -7.16. The number of hydrogen-bond acceptors (Lipinski definition) is 2. The minimum absolute atomic E-state index is 0.212. The number of anilines is 3. The fraction of sp³-hybridized carbons (Fsp3) is 0.0877. The second-order valence-corrected chi connectivity index (χ2v) is 16.8. The predicted octanol–water partition coefficient (Wildman–Crippen LogP) is 16.2. The Morgan fingerprint density at radius 1 is 0.441 bits per heavy atom. The average molecular weight is 756 g/mol. The van der Waals surface area contributed by atoms with Gasteiger partial charge in [-0.15, -0.1) is 0 Å². The quantitative estimate of drug-likeness (QED) is 0.163. The fourth-order valence-corrected chi connectivity index (χ4v) is 10.1. The molecule has 0 N–H and O–H groups in total. The van der Waals surface area contributed by atoms with Crippen molar-refractivity contribution in [3.8, 4) is 22.3 Å². The van der Waals surface area contributed by atoms with E-state index in [4.69, 9.17) is 4.42 Å². The second-order valence-electron chi connectivity index (χ2n) is 16.8. The molecule has 0 amide bonds. The number of para-hydroxylation sites is 1. The highest BCUT2D eigenvalue weighted by Gasteiger charge is 2.37. The molecular formula is C57H41NO. The van der Waals surface area contributed by atoms with Crippen LogP contribution in [-0.4, -0.2) is 0 Å². The van der Waals surface area contributed by atoms with Crippen LogP contribution in [0.15, 0.2) is 193 Å². The van der Waals surface area contributed by atoms with Crippen LogP contribution in [0.4, 0.5) is 17.1 Å². The molecule has 0 atom stereocenters. The number of fused-ring (bicyclic) bond motifs is 12.